The number of aryl methyl sites for hydroxylation is 1. The lowest BCUT2D eigenvalue weighted by Gasteiger charge is -2.07. The molecule has 0 aliphatic rings. The molecule has 0 N–H and O–H groups in total. The molecular weight excluding hydrogens is 238 g/mol. The zero-order valence-corrected chi connectivity index (χ0v) is 10.0. The van der Waals surface area contributed by atoms with Gasteiger partial charge in [0.25, 0.3) is 10.0 Å². The smallest absolute Gasteiger partial charge is 0.268 e. The topological polar surface area (TPSA) is 56.1 Å². The maximum atomic E-state index is 12.2. The van der Waals surface area contributed by atoms with Crippen molar-refractivity contribution in [3.8, 4) is 0 Å². The Morgan fingerprint density at radius 2 is 1.76 bits per heavy atom. The van der Waals surface area contributed by atoms with Crippen LogP contribution in [0.2, 0.25) is 0 Å². The van der Waals surface area contributed by atoms with Gasteiger partial charge >= 0.3 is 0 Å². The largest absolute Gasteiger partial charge is 0.296 e. The standard InChI is InChI=1S/C12H11NO3S/c1-10-7-8-13(12(10)9-14)17(15,16)11-5-3-2-4-6-11/h2-9H,1H3. The van der Waals surface area contributed by atoms with E-state index in [0.29, 0.717) is 11.8 Å². The molecular formula is C12H11NO3S. The van der Waals surface area contributed by atoms with Crippen molar-refractivity contribution in [3.05, 3.63) is 53.9 Å². The summed E-state index contributed by atoms with van der Waals surface area (Å²) in [6.45, 7) is 1.70. The first-order valence-electron chi connectivity index (χ1n) is 5.01. The fraction of sp³-hybridized carbons (Fsp3) is 0.0833. The first-order valence-corrected chi connectivity index (χ1v) is 6.45. The first kappa shape index (κ1) is 11.6. The average Bonchev–Trinajstić information content (AvgIpc) is 2.72. The minimum absolute atomic E-state index is 0.161. The predicted molar refractivity (Wildman–Crippen MR) is 63.6 cm³/mol. The van der Waals surface area contributed by atoms with Gasteiger partial charge in [0.05, 0.1) is 10.6 Å². The van der Waals surface area contributed by atoms with Crippen LogP contribution in [-0.2, 0) is 10.0 Å². The molecule has 88 valence electrons. The highest BCUT2D eigenvalue weighted by Gasteiger charge is 2.19. The van der Waals surface area contributed by atoms with Gasteiger partial charge in [-0.3, -0.25) is 4.79 Å². The first-order chi connectivity index (χ1) is 8.07. The number of carbonyl (C=O) groups excluding carboxylic acids is 1. The van der Waals surface area contributed by atoms with Crippen molar-refractivity contribution in [3.63, 3.8) is 0 Å². The molecule has 0 aliphatic carbocycles. The van der Waals surface area contributed by atoms with Crippen molar-refractivity contribution in [1.29, 1.82) is 0 Å². The zero-order chi connectivity index (χ0) is 12.5. The SMILES string of the molecule is Cc1ccn(S(=O)(=O)c2ccccc2)c1C=O. The summed E-state index contributed by atoms with van der Waals surface area (Å²) in [5.41, 5.74) is 0.799. The Balaban J connectivity index is 2.64. The quantitative estimate of drug-likeness (QED) is 0.780. The van der Waals surface area contributed by atoms with E-state index < -0.39 is 10.0 Å². The summed E-state index contributed by atoms with van der Waals surface area (Å²) in [6.07, 6.45) is 1.94. The maximum Gasteiger partial charge on any atom is 0.268 e. The number of hydrogen-bond donors (Lipinski definition) is 0. The molecule has 0 aliphatic heterocycles. The van der Waals surface area contributed by atoms with E-state index >= 15 is 0 Å². The second-order valence-electron chi connectivity index (χ2n) is 3.62. The minimum Gasteiger partial charge on any atom is -0.296 e. The van der Waals surface area contributed by atoms with Crippen molar-refractivity contribution in [1.82, 2.24) is 3.97 Å². The molecule has 0 bridgehead atoms. The lowest BCUT2D eigenvalue weighted by molar-refractivity contribution is 0.111. The van der Waals surface area contributed by atoms with Gasteiger partial charge in [0.1, 0.15) is 0 Å². The molecule has 0 fully saturated rings. The Hall–Kier alpha value is -1.88. The van der Waals surface area contributed by atoms with Crippen LogP contribution in [0.25, 0.3) is 0 Å². The van der Waals surface area contributed by atoms with Crippen LogP contribution in [0, 0.1) is 6.92 Å². The molecule has 4 nitrogen and oxygen atoms in total. The number of aldehydes is 1. The van der Waals surface area contributed by atoms with E-state index in [0.717, 1.165) is 3.97 Å². The minimum atomic E-state index is -3.68. The van der Waals surface area contributed by atoms with E-state index in [9.17, 15) is 13.2 Å². The van der Waals surface area contributed by atoms with Crippen molar-refractivity contribution in [2.75, 3.05) is 0 Å². The Morgan fingerprint density at radius 1 is 1.12 bits per heavy atom. The molecule has 0 atom stereocenters. The van der Waals surface area contributed by atoms with E-state index in [1.165, 1.54) is 18.3 Å². The fourth-order valence-electron chi connectivity index (χ4n) is 1.58. The van der Waals surface area contributed by atoms with Gasteiger partial charge in [-0.2, -0.15) is 0 Å². The van der Waals surface area contributed by atoms with E-state index in [1.54, 1.807) is 31.2 Å². The third kappa shape index (κ3) is 1.89. The van der Waals surface area contributed by atoms with Crippen LogP contribution in [0.4, 0.5) is 0 Å². The Kier molecular flexibility index (Phi) is 2.85. The van der Waals surface area contributed by atoms with Gasteiger partial charge in [-0.1, -0.05) is 18.2 Å². The third-order valence-electron chi connectivity index (χ3n) is 2.51. The predicted octanol–water partition coefficient (Wildman–Crippen LogP) is 1.85. The molecule has 0 saturated carbocycles. The Labute approximate surface area is 99.6 Å². The highest BCUT2D eigenvalue weighted by molar-refractivity contribution is 7.90. The number of nitrogens with zero attached hydrogens (tertiary/aromatic N) is 1. The number of carbonyl (C=O) groups is 1. The molecule has 0 saturated heterocycles. The van der Waals surface area contributed by atoms with E-state index in [1.807, 2.05) is 0 Å². The highest BCUT2D eigenvalue weighted by atomic mass is 32.2. The second-order valence-corrected chi connectivity index (χ2v) is 5.43. The van der Waals surface area contributed by atoms with Gasteiger partial charge in [-0.15, -0.1) is 0 Å². The molecule has 0 amide bonds. The molecule has 2 rings (SSSR count). The molecule has 0 spiro atoms. The van der Waals surface area contributed by atoms with Crippen molar-refractivity contribution >= 4 is 16.3 Å². The van der Waals surface area contributed by atoms with Crippen LogP contribution in [0.5, 0.6) is 0 Å². The van der Waals surface area contributed by atoms with Gasteiger partial charge in [0, 0.05) is 6.20 Å². The van der Waals surface area contributed by atoms with Crippen molar-refractivity contribution < 1.29 is 13.2 Å². The summed E-state index contributed by atoms with van der Waals surface area (Å²) in [7, 11) is -3.68. The number of aromatic nitrogens is 1. The molecule has 0 radical (unpaired) electrons. The van der Waals surface area contributed by atoms with Crippen LogP contribution < -0.4 is 0 Å². The van der Waals surface area contributed by atoms with E-state index in [4.69, 9.17) is 0 Å². The summed E-state index contributed by atoms with van der Waals surface area (Å²) >= 11 is 0. The average molecular weight is 249 g/mol. The highest BCUT2D eigenvalue weighted by Crippen LogP contribution is 2.17. The van der Waals surface area contributed by atoms with Gasteiger partial charge < -0.3 is 0 Å². The third-order valence-corrected chi connectivity index (χ3v) is 4.22. The van der Waals surface area contributed by atoms with Crippen LogP contribution in [0.15, 0.2) is 47.5 Å². The lowest BCUT2D eigenvalue weighted by Crippen LogP contribution is -2.14. The van der Waals surface area contributed by atoms with Crippen molar-refractivity contribution in [2.24, 2.45) is 0 Å². The second kappa shape index (κ2) is 4.18. The summed E-state index contributed by atoms with van der Waals surface area (Å²) in [5, 5.41) is 0. The summed E-state index contributed by atoms with van der Waals surface area (Å²) in [5.74, 6) is 0. The normalized spacial score (nSPS) is 11.4. The van der Waals surface area contributed by atoms with Gasteiger partial charge in [0.2, 0.25) is 0 Å². The fourth-order valence-corrected chi connectivity index (χ4v) is 2.97. The van der Waals surface area contributed by atoms with Crippen LogP contribution >= 0.6 is 0 Å². The van der Waals surface area contributed by atoms with Crippen LogP contribution in [0.1, 0.15) is 16.1 Å². The molecule has 0 unspecified atom stereocenters. The number of benzene rings is 1. The van der Waals surface area contributed by atoms with Gasteiger partial charge in [-0.05, 0) is 30.7 Å². The van der Waals surface area contributed by atoms with Crippen LogP contribution in [0.3, 0.4) is 0 Å². The van der Waals surface area contributed by atoms with Gasteiger partial charge in [0.15, 0.2) is 6.29 Å². The molecule has 1 heterocycles. The maximum absolute atomic E-state index is 12.2. The summed E-state index contributed by atoms with van der Waals surface area (Å²) < 4.78 is 25.5. The van der Waals surface area contributed by atoms with Crippen molar-refractivity contribution in [2.45, 2.75) is 11.8 Å². The Morgan fingerprint density at radius 3 is 2.35 bits per heavy atom. The molecule has 5 heteroatoms. The molecule has 17 heavy (non-hydrogen) atoms. The van der Waals surface area contributed by atoms with Gasteiger partial charge in [-0.25, -0.2) is 12.4 Å². The number of hydrogen-bond acceptors (Lipinski definition) is 3. The molecule has 2 aromatic rings. The summed E-state index contributed by atoms with van der Waals surface area (Å²) in [6, 6.07) is 9.62. The number of rotatable bonds is 3. The molecule has 1 aromatic heterocycles. The molecule has 1 aromatic carbocycles. The lowest BCUT2D eigenvalue weighted by atomic mass is 10.3. The monoisotopic (exact) mass is 249 g/mol. The summed E-state index contributed by atoms with van der Waals surface area (Å²) in [4.78, 5) is 11.1. The van der Waals surface area contributed by atoms with E-state index in [-0.39, 0.29) is 10.6 Å². The van der Waals surface area contributed by atoms with E-state index in [2.05, 4.69) is 0 Å². The van der Waals surface area contributed by atoms with Crippen LogP contribution in [-0.4, -0.2) is 18.7 Å². The Bertz CT molecular complexity index is 642. The zero-order valence-electron chi connectivity index (χ0n) is 9.20.